The van der Waals surface area contributed by atoms with E-state index in [-0.39, 0.29) is 0 Å². The van der Waals surface area contributed by atoms with Crippen LogP contribution >= 0.6 is 11.3 Å². The second-order valence-corrected chi connectivity index (χ2v) is 5.34. The Hall–Kier alpha value is -0.910. The Morgan fingerprint density at radius 1 is 1.71 bits per heavy atom. The molecule has 0 radical (unpaired) electrons. The lowest BCUT2D eigenvalue weighted by Gasteiger charge is -2.15. The highest BCUT2D eigenvalue weighted by Crippen LogP contribution is 2.23. The van der Waals surface area contributed by atoms with E-state index in [1.54, 1.807) is 7.11 Å². The fraction of sp³-hybridized carbons (Fsp3) is 0.583. The van der Waals surface area contributed by atoms with E-state index in [2.05, 4.69) is 4.90 Å². The zero-order valence-corrected chi connectivity index (χ0v) is 10.7. The molecular formula is C12H17NO3S. The van der Waals surface area contributed by atoms with Crippen LogP contribution in [0.15, 0.2) is 11.4 Å². The van der Waals surface area contributed by atoms with E-state index in [1.807, 2.05) is 11.4 Å². The molecule has 2 heterocycles. The minimum Gasteiger partial charge on any atom is -0.477 e. The van der Waals surface area contributed by atoms with Crippen LogP contribution in [-0.2, 0) is 11.3 Å². The van der Waals surface area contributed by atoms with Crippen LogP contribution in [0.1, 0.15) is 21.7 Å². The number of ether oxygens (including phenoxy) is 1. The maximum atomic E-state index is 11.0. The van der Waals surface area contributed by atoms with Crippen LogP contribution in [0.2, 0.25) is 0 Å². The Balaban J connectivity index is 1.93. The fourth-order valence-corrected chi connectivity index (χ4v) is 3.07. The molecule has 1 aromatic heterocycles. The van der Waals surface area contributed by atoms with E-state index in [0.29, 0.717) is 10.8 Å². The number of hydrogen-bond acceptors (Lipinski definition) is 4. The first-order valence-corrected chi connectivity index (χ1v) is 6.59. The van der Waals surface area contributed by atoms with E-state index in [4.69, 9.17) is 9.84 Å². The molecule has 1 aliphatic heterocycles. The number of rotatable bonds is 5. The number of carbonyl (C=O) groups is 1. The monoisotopic (exact) mass is 255 g/mol. The van der Waals surface area contributed by atoms with Crippen molar-refractivity contribution >= 4 is 17.3 Å². The summed E-state index contributed by atoms with van der Waals surface area (Å²) in [4.78, 5) is 13.8. The number of hydrogen-bond donors (Lipinski definition) is 1. The largest absolute Gasteiger partial charge is 0.477 e. The molecule has 94 valence electrons. The molecule has 0 bridgehead atoms. The van der Waals surface area contributed by atoms with Crippen LogP contribution in [-0.4, -0.2) is 42.8 Å². The van der Waals surface area contributed by atoms with Gasteiger partial charge in [0.25, 0.3) is 0 Å². The second kappa shape index (κ2) is 5.62. The summed E-state index contributed by atoms with van der Waals surface area (Å²) in [6, 6.07) is 1.91. The highest BCUT2D eigenvalue weighted by molar-refractivity contribution is 7.12. The second-order valence-electron chi connectivity index (χ2n) is 4.43. The molecule has 1 atom stereocenters. The smallest absolute Gasteiger partial charge is 0.346 e. The lowest BCUT2D eigenvalue weighted by atomic mass is 10.1. The Bertz CT molecular complexity index is 391. The van der Waals surface area contributed by atoms with Gasteiger partial charge in [-0.2, -0.15) is 0 Å². The summed E-state index contributed by atoms with van der Waals surface area (Å²) in [7, 11) is 1.73. The summed E-state index contributed by atoms with van der Waals surface area (Å²) in [5.74, 6) is -0.227. The lowest BCUT2D eigenvalue weighted by Crippen LogP contribution is -2.22. The number of likely N-dealkylation sites (tertiary alicyclic amines) is 1. The molecule has 1 N–H and O–H groups in total. The molecule has 1 aromatic rings. The van der Waals surface area contributed by atoms with Crippen LogP contribution in [0, 0.1) is 5.92 Å². The number of methoxy groups -OCH3 is 1. The normalized spacial score (nSPS) is 20.9. The van der Waals surface area contributed by atoms with Crippen molar-refractivity contribution in [1.82, 2.24) is 4.90 Å². The summed E-state index contributed by atoms with van der Waals surface area (Å²) in [6.45, 7) is 3.57. The van der Waals surface area contributed by atoms with E-state index in [1.165, 1.54) is 11.3 Å². The molecule has 0 saturated carbocycles. The Morgan fingerprint density at radius 2 is 2.53 bits per heavy atom. The summed E-state index contributed by atoms with van der Waals surface area (Å²) in [6.07, 6.45) is 1.14. The van der Waals surface area contributed by atoms with Gasteiger partial charge in [0.1, 0.15) is 4.88 Å². The van der Waals surface area contributed by atoms with E-state index >= 15 is 0 Å². The number of carboxylic acid groups (broad SMARTS) is 1. The van der Waals surface area contributed by atoms with Gasteiger partial charge in [-0.1, -0.05) is 0 Å². The van der Waals surface area contributed by atoms with Crippen molar-refractivity contribution in [2.24, 2.45) is 5.92 Å². The zero-order valence-electron chi connectivity index (χ0n) is 9.89. The van der Waals surface area contributed by atoms with Crippen LogP contribution in [0.25, 0.3) is 0 Å². The maximum Gasteiger partial charge on any atom is 0.346 e. The van der Waals surface area contributed by atoms with Gasteiger partial charge in [-0.25, -0.2) is 4.79 Å². The van der Waals surface area contributed by atoms with Gasteiger partial charge in [0.05, 0.1) is 6.61 Å². The average Bonchev–Trinajstić information content (AvgIpc) is 2.89. The van der Waals surface area contributed by atoms with Crippen LogP contribution in [0.3, 0.4) is 0 Å². The third-order valence-corrected chi connectivity index (χ3v) is 4.05. The molecule has 17 heavy (non-hydrogen) atoms. The van der Waals surface area contributed by atoms with E-state index in [0.717, 1.165) is 38.2 Å². The first-order valence-electron chi connectivity index (χ1n) is 5.71. The van der Waals surface area contributed by atoms with Gasteiger partial charge in [0, 0.05) is 20.2 Å². The molecule has 4 nitrogen and oxygen atoms in total. The standard InChI is InChI=1S/C12H17NO3S/c1-16-8-9-2-4-13(6-9)7-10-3-5-17-11(10)12(14)15/h3,5,9H,2,4,6-8H2,1H3,(H,14,15). The van der Waals surface area contributed by atoms with Crippen molar-refractivity contribution in [3.8, 4) is 0 Å². The molecule has 0 aliphatic carbocycles. The quantitative estimate of drug-likeness (QED) is 0.873. The third kappa shape index (κ3) is 3.06. The predicted molar refractivity (Wildman–Crippen MR) is 66.5 cm³/mol. The highest BCUT2D eigenvalue weighted by atomic mass is 32.1. The topological polar surface area (TPSA) is 49.8 Å². The summed E-state index contributed by atoms with van der Waals surface area (Å²) >= 11 is 1.30. The molecule has 0 amide bonds. The zero-order chi connectivity index (χ0) is 12.3. The van der Waals surface area contributed by atoms with Gasteiger partial charge < -0.3 is 9.84 Å². The van der Waals surface area contributed by atoms with E-state index in [9.17, 15) is 4.79 Å². The average molecular weight is 255 g/mol. The van der Waals surface area contributed by atoms with Gasteiger partial charge in [-0.05, 0) is 35.9 Å². The number of carboxylic acids is 1. The van der Waals surface area contributed by atoms with Gasteiger partial charge in [0.2, 0.25) is 0 Å². The summed E-state index contributed by atoms with van der Waals surface area (Å²) in [5, 5.41) is 10.9. The molecule has 0 aromatic carbocycles. The minimum atomic E-state index is -0.817. The van der Waals surface area contributed by atoms with Crippen LogP contribution < -0.4 is 0 Å². The van der Waals surface area contributed by atoms with Crippen molar-refractivity contribution < 1.29 is 14.6 Å². The molecule has 1 saturated heterocycles. The Labute approximate surface area is 105 Å². The van der Waals surface area contributed by atoms with Gasteiger partial charge in [-0.15, -0.1) is 11.3 Å². The lowest BCUT2D eigenvalue weighted by molar-refractivity contribution is 0.0700. The number of thiophene rings is 1. The van der Waals surface area contributed by atoms with Crippen LogP contribution in [0.5, 0.6) is 0 Å². The van der Waals surface area contributed by atoms with Gasteiger partial charge in [0.15, 0.2) is 0 Å². The van der Waals surface area contributed by atoms with Crippen molar-refractivity contribution in [3.63, 3.8) is 0 Å². The number of nitrogens with zero attached hydrogens (tertiary/aromatic N) is 1. The molecule has 1 unspecified atom stereocenters. The Morgan fingerprint density at radius 3 is 3.24 bits per heavy atom. The molecular weight excluding hydrogens is 238 g/mol. The molecule has 2 rings (SSSR count). The van der Waals surface area contributed by atoms with Gasteiger partial charge in [-0.3, -0.25) is 4.90 Å². The summed E-state index contributed by atoms with van der Waals surface area (Å²) in [5.41, 5.74) is 0.931. The van der Waals surface area contributed by atoms with Crippen molar-refractivity contribution in [3.05, 3.63) is 21.9 Å². The molecule has 1 aliphatic rings. The van der Waals surface area contributed by atoms with Crippen molar-refractivity contribution in [2.45, 2.75) is 13.0 Å². The first-order chi connectivity index (χ1) is 8.20. The minimum absolute atomic E-state index is 0.472. The first kappa shape index (κ1) is 12.5. The molecule has 5 heteroatoms. The third-order valence-electron chi connectivity index (χ3n) is 3.11. The fourth-order valence-electron chi connectivity index (χ4n) is 2.32. The van der Waals surface area contributed by atoms with Crippen molar-refractivity contribution in [1.29, 1.82) is 0 Å². The van der Waals surface area contributed by atoms with Crippen molar-refractivity contribution in [2.75, 3.05) is 26.8 Å². The molecule has 0 spiro atoms. The van der Waals surface area contributed by atoms with Crippen LogP contribution in [0.4, 0.5) is 0 Å². The van der Waals surface area contributed by atoms with E-state index < -0.39 is 5.97 Å². The summed E-state index contributed by atoms with van der Waals surface area (Å²) < 4.78 is 5.15. The molecule has 1 fully saturated rings. The number of aromatic carboxylic acids is 1. The SMILES string of the molecule is COCC1CCN(Cc2ccsc2C(=O)O)C1. The Kier molecular flexibility index (Phi) is 4.15. The maximum absolute atomic E-state index is 11.0. The highest BCUT2D eigenvalue weighted by Gasteiger charge is 2.23. The predicted octanol–water partition coefficient (Wildman–Crippen LogP) is 1.91. The van der Waals surface area contributed by atoms with Gasteiger partial charge >= 0.3 is 5.97 Å².